The van der Waals surface area contributed by atoms with E-state index in [1.807, 2.05) is 72.8 Å². The van der Waals surface area contributed by atoms with Crippen molar-refractivity contribution in [3.63, 3.8) is 0 Å². The highest BCUT2D eigenvalue weighted by Gasteiger charge is 2.54. The summed E-state index contributed by atoms with van der Waals surface area (Å²) in [5.41, 5.74) is 17.4. The van der Waals surface area contributed by atoms with Crippen molar-refractivity contribution in [1.29, 1.82) is 0 Å². The molecule has 0 unspecified atom stereocenters. The molecule has 0 saturated heterocycles. The van der Waals surface area contributed by atoms with Crippen LogP contribution in [0.15, 0.2) is 112 Å². The molecular weight excluding hydrogens is 672 g/mol. The number of benzene rings is 4. The monoisotopic (exact) mass is 702 g/mol. The number of aliphatic hydroxyl groups excluding tert-OH is 1. The van der Waals surface area contributed by atoms with Gasteiger partial charge in [0, 0.05) is 46.0 Å². The first kappa shape index (κ1) is 33.0. The SMILES string of the molecule is [N-]=[N+]=NCc1ccccc1[C@@H]1OC(c2ccc(OCCCO)cc2)=N[C@]1(Cc1ccc(Br)cc1)C(=O)NNCc1ccc(Cl)cc1. The van der Waals surface area contributed by atoms with Crippen molar-refractivity contribution >= 4 is 39.3 Å². The fraction of sp³-hybridized carbons (Fsp3) is 0.235. The van der Waals surface area contributed by atoms with E-state index in [9.17, 15) is 4.79 Å². The Bertz CT molecular complexity index is 1710. The highest BCUT2D eigenvalue weighted by molar-refractivity contribution is 9.10. The third-order valence-electron chi connectivity index (χ3n) is 7.47. The number of rotatable bonds is 14. The van der Waals surface area contributed by atoms with Gasteiger partial charge in [-0.2, -0.15) is 0 Å². The number of carbonyl (C=O) groups is 1. The number of aliphatic imine (C=N–C) groups is 1. The molecule has 0 radical (unpaired) electrons. The smallest absolute Gasteiger partial charge is 0.266 e. The summed E-state index contributed by atoms with van der Waals surface area (Å²) in [6.07, 6.45) is -0.135. The van der Waals surface area contributed by atoms with Crippen LogP contribution >= 0.6 is 27.5 Å². The summed E-state index contributed by atoms with van der Waals surface area (Å²) >= 11 is 9.54. The normalized spacial score (nSPS) is 17.0. The molecule has 0 saturated carbocycles. The molecule has 1 aliphatic rings. The zero-order chi connectivity index (χ0) is 32.4. The fourth-order valence-corrected chi connectivity index (χ4v) is 5.54. The lowest BCUT2D eigenvalue weighted by molar-refractivity contribution is -0.130. The van der Waals surface area contributed by atoms with Crippen molar-refractivity contribution in [2.45, 2.75) is 37.6 Å². The highest BCUT2D eigenvalue weighted by atomic mass is 79.9. The molecule has 0 aromatic heterocycles. The number of carbonyl (C=O) groups excluding carboxylic acids is 1. The maximum atomic E-state index is 14.5. The van der Waals surface area contributed by atoms with E-state index < -0.39 is 17.6 Å². The maximum Gasteiger partial charge on any atom is 0.266 e. The molecule has 1 aliphatic heterocycles. The molecule has 5 rings (SSSR count). The predicted octanol–water partition coefficient (Wildman–Crippen LogP) is 6.99. The largest absolute Gasteiger partial charge is 0.494 e. The van der Waals surface area contributed by atoms with Crippen molar-refractivity contribution in [3.8, 4) is 5.75 Å². The van der Waals surface area contributed by atoms with Crippen molar-refractivity contribution in [2.75, 3.05) is 13.2 Å². The molecule has 2 atom stereocenters. The fourth-order valence-electron chi connectivity index (χ4n) is 5.15. The molecule has 1 heterocycles. The van der Waals surface area contributed by atoms with Crippen LogP contribution in [0.3, 0.4) is 0 Å². The van der Waals surface area contributed by atoms with Crippen LogP contribution in [0.1, 0.15) is 40.3 Å². The Morgan fingerprint density at radius 1 is 1.04 bits per heavy atom. The minimum Gasteiger partial charge on any atom is -0.494 e. The number of hydrogen-bond donors (Lipinski definition) is 3. The van der Waals surface area contributed by atoms with Gasteiger partial charge in [-0.3, -0.25) is 10.2 Å². The van der Waals surface area contributed by atoms with Crippen LogP contribution in [-0.4, -0.2) is 35.7 Å². The van der Waals surface area contributed by atoms with Crippen LogP contribution in [0, 0.1) is 0 Å². The second-order valence-electron chi connectivity index (χ2n) is 10.6. The predicted molar refractivity (Wildman–Crippen MR) is 180 cm³/mol. The van der Waals surface area contributed by atoms with Crippen LogP contribution in [-0.2, 0) is 29.0 Å². The summed E-state index contributed by atoms with van der Waals surface area (Å²) in [5.74, 6) is 0.528. The standard InChI is InChI=1S/C34H32BrClN6O4/c35-27-12-6-23(7-13-27)20-34(33(44)41-38-21-24-8-14-28(36)15-9-24)31(30-5-2-1-4-26(30)22-39-42-37)46-32(40-34)25-10-16-29(17-11-25)45-19-3-18-43/h1-2,4-17,31,38,43H,3,18-22H2,(H,41,44)/t31-,34-/m0/s1. The van der Waals surface area contributed by atoms with E-state index in [0.29, 0.717) is 41.5 Å². The third kappa shape index (κ3) is 8.06. The maximum absolute atomic E-state index is 14.5. The molecule has 1 amide bonds. The molecule has 236 valence electrons. The Morgan fingerprint density at radius 2 is 1.76 bits per heavy atom. The number of azide groups is 1. The first-order valence-electron chi connectivity index (χ1n) is 14.6. The Morgan fingerprint density at radius 3 is 2.48 bits per heavy atom. The first-order chi connectivity index (χ1) is 22.4. The molecule has 10 nitrogen and oxygen atoms in total. The van der Waals surface area contributed by atoms with E-state index in [1.54, 1.807) is 24.3 Å². The lowest BCUT2D eigenvalue weighted by Gasteiger charge is -2.32. The van der Waals surface area contributed by atoms with Gasteiger partial charge in [0.25, 0.3) is 5.91 Å². The number of nitrogens with one attached hydrogen (secondary N) is 2. The molecule has 46 heavy (non-hydrogen) atoms. The topological polar surface area (TPSA) is 141 Å². The summed E-state index contributed by atoms with van der Waals surface area (Å²) in [6, 6.07) is 29.7. The number of hydrogen-bond acceptors (Lipinski definition) is 7. The molecule has 0 bridgehead atoms. The second kappa shape index (κ2) is 15.8. The van der Waals surface area contributed by atoms with Gasteiger partial charge in [-0.05, 0) is 76.3 Å². The average molecular weight is 704 g/mol. The van der Waals surface area contributed by atoms with Gasteiger partial charge in [-0.15, -0.1) is 0 Å². The van der Waals surface area contributed by atoms with Gasteiger partial charge in [0.15, 0.2) is 11.6 Å². The van der Waals surface area contributed by atoms with E-state index in [1.165, 1.54) is 0 Å². The number of amides is 1. The van der Waals surface area contributed by atoms with Gasteiger partial charge >= 0.3 is 0 Å². The Hall–Kier alpha value is -4.38. The van der Waals surface area contributed by atoms with Crippen LogP contribution in [0.4, 0.5) is 0 Å². The summed E-state index contributed by atoms with van der Waals surface area (Å²) in [5, 5.41) is 13.5. The first-order valence-corrected chi connectivity index (χ1v) is 15.8. The quantitative estimate of drug-likeness (QED) is 0.0427. The van der Waals surface area contributed by atoms with Crippen LogP contribution < -0.4 is 15.6 Å². The van der Waals surface area contributed by atoms with E-state index in [0.717, 1.165) is 21.2 Å². The zero-order valence-corrected chi connectivity index (χ0v) is 27.1. The number of hydrazine groups is 1. The van der Waals surface area contributed by atoms with E-state index >= 15 is 0 Å². The van der Waals surface area contributed by atoms with Gasteiger partial charge in [0.05, 0.1) is 13.2 Å². The van der Waals surface area contributed by atoms with E-state index in [2.05, 4.69) is 36.8 Å². The lowest BCUT2D eigenvalue weighted by atomic mass is 9.81. The Balaban J connectivity index is 1.55. The van der Waals surface area contributed by atoms with Gasteiger partial charge < -0.3 is 14.6 Å². The summed E-state index contributed by atoms with van der Waals surface area (Å²) in [7, 11) is 0. The molecule has 0 spiro atoms. The second-order valence-corrected chi connectivity index (χ2v) is 12.0. The molecule has 4 aromatic carbocycles. The lowest BCUT2D eigenvalue weighted by Crippen LogP contribution is -2.53. The van der Waals surface area contributed by atoms with E-state index in [4.69, 9.17) is 36.7 Å². The third-order valence-corrected chi connectivity index (χ3v) is 8.25. The molecule has 0 aliphatic carbocycles. The van der Waals surface area contributed by atoms with Gasteiger partial charge in [-0.1, -0.05) is 81.2 Å². The van der Waals surface area contributed by atoms with Crippen molar-refractivity contribution < 1.29 is 19.4 Å². The molecule has 12 heteroatoms. The Labute approximate surface area is 280 Å². The molecule has 0 fully saturated rings. The number of halogens is 2. The minimum absolute atomic E-state index is 0.0440. The molecule has 4 aromatic rings. The number of nitrogens with zero attached hydrogens (tertiary/aromatic N) is 4. The van der Waals surface area contributed by atoms with Crippen LogP contribution in [0.25, 0.3) is 10.4 Å². The summed E-state index contributed by atoms with van der Waals surface area (Å²) in [4.78, 5) is 22.5. The van der Waals surface area contributed by atoms with Gasteiger partial charge in [-0.25, -0.2) is 10.4 Å². The number of ether oxygens (including phenoxy) is 2. The van der Waals surface area contributed by atoms with E-state index in [-0.39, 0.29) is 25.5 Å². The van der Waals surface area contributed by atoms with Gasteiger partial charge in [0.1, 0.15) is 5.75 Å². The molecule has 3 N–H and O–H groups in total. The minimum atomic E-state index is -1.46. The van der Waals surface area contributed by atoms with Gasteiger partial charge in [0.2, 0.25) is 5.90 Å². The molecular formula is C34H32BrClN6O4. The van der Waals surface area contributed by atoms with Crippen molar-refractivity contribution in [3.05, 3.63) is 145 Å². The number of aliphatic hydroxyl groups is 1. The summed E-state index contributed by atoms with van der Waals surface area (Å²) in [6.45, 7) is 0.857. The highest BCUT2D eigenvalue weighted by Crippen LogP contribution is 2.44. The van der Waals surface area contributed by atoms with Crippen LogP contribution in [0.2, 0.25) is 5.02 Å². The van der Waals surface area contributed by atoms with Crippen molar-refractivity contribution in [2.24, 2.45) is 10.1 Å². The summed E-state index contributed by atoms with van der Waals surface area (Å²) < 4.78 is 13.2. The average Bonchev–Trinajstić information content (AvgIpc) is 3.46. The zero-order valence-electron chi connectivity index (χ0n) is 24.8. The van der Waals surface area contributed by atoms with Crippen molar-refractivity contribution in [1.82, 2.24) is 10.9 Å². The van der Waals surface area contributed by atoms with Crippen LogP contribution in [0.5, 0.6) is 5.75 Å². The Kier molecular flexibility index (Phi) is 11.3.